The minimum absolute atomic E-state index is 0.00349. The van der Waals surface area contributed by atoms with Crippen molar-refractivity contribution in [2.24, 2.45) is 0 Å². The Morgan fingerprint density at radius 1 is 1.04 bits per heavy atom. The van der Waals surface area contributed by atoms with Crippen LogP contribution in [-0.2, 0) is 23.0 Å². The van der Waals surface area contributed by atoms with Crippen LogP contribution >= 0.6 is 23.2 Å². The van der Waals surface area contributed by atoms with Gasteiger partial charge in [0.2, 0.25) is 0 Å². The third kappa shape index (κ3) is 3.30. The number of anilines is 1. The molecule has 3 aromatic rings. The first-order valence-electron chi connectivity index (χ1n) is 7.94. The number of benzene rings is 2. The number of halogens is 2. The lowest BCUT2D eigenvalue weighted by atomic mass is 10.2. The van der Waals surface area contributed by atoms with E-state index in [0.29, 0.717) is 5.69 Å². The summed E-state index contributed by atoms with van der Waals surface area (Å²) >= 11 is 11.8. The van der Waals surface area contributed by atoms with Gasteiger partial charge in [0.05, 0.1) is 4.90 Å². The van der Waals surface area contributed by atoms with E-state index in [2.05, 4.69) is 19.5 Å². The maximum atomic E-state index is 12.6. The predicted molar refractivity (Wildman–Crippen MR) is 101 cm³/mol. The molecule has 1 N–H and O–H groups in total. The second-order valence-corrected chi connectivity index (χ2v) is 8.54. The van der Waals surface area contributed by atoms with Crippen molar-refractivity contribution in [3.8, 4) is 11.4 Å². The molecule has 0 bridgehead atoms. The molecule has 0 saturated heterocycles. The van der Waals surface area contributed by atoms with Crippen LogP contribution in [-0.4, -0.2) is 23.2 Å². The number of fused-ring (bicyclic) bond motifs is 1. The monoisotopic (exact) mass is 408 g/mol. The summed E-state index contributed by atoms with van der Waals surface area (Å²) in [4.78, 5) is 0.00349. The van der Waals surface area contributed by atoms with Gasteiger partial charge in [0, 0.05) is 34.3 Å². The highest BCUT2D eigenvalue weighted by Gasteiger charge is 2.20. The highest BCUT2D eigenvalue weighted by atomic mass is 35.5. The zero-order valence-electron chi connectivity index (χ0n) is 13.5. The molecule has 4 rings (SSSR count). The Balaban J connectivity index is 1.66. The first-order chi connectivity index (χ1) is 12.4. The smallest absolute Gasteiger partial charge is 0.261 e. The van der Waals surface area contributed by atoms with Crippen molar-refractivity contribution in [2.45, 2.75) is 24.3 Å². The Labute approximate surface area is 160 Å². The first-order valence-corrected chi connectivity index (χ1v) is 10.2. The van der Waals surface area contributed by atoms with Gasteiger partial charge in [-0.3, -0.25) is 4.72 Å². The molecule has 0 fully saturated rings. The summed E-state index contributed by atoms with van der Waals surface area (Å²) in [5.41, 5.74) is 1.23. The van der Waals surface area contributed by atoms with Crippen LogP contribution in [0, 0.1) is 0 Å². The zero-order valence-corrected chi connectivity index (χ0v) is 15.8. The van der Waals surface area contributed by atoms with Crippen LogP contribution in [0.15, 0.2) is 47.4 Å². The fraction of sp³-hybridized carbons (Fsp3) is 0.176. The average molecular weight is 409 g/mol. The molecule has 0 spiro atoms. The van der Waals surface area contributed by atoms with Crippen molar-refractivity contribution in [3.05, 3.63) is 58.3 Å². The molecule has 134 valence electrons. The van der Waals surface area contributed by atoms with E-state index in [9.17, 15) is 8.42 Å². The van der Waals surface area contributed by atoms with Gasteiger partial charge in [-0.05, 0) is 36.8 Å². The van der Waals surface area contributed by atoms with Gasteiger partial charge in [-0.25, -0.2) is 8.42 Å². The van der Waals surface area contributed by atoms with Crippen LogP contribution in [0.3, 0.4) is 0 Å². The zero-order chi connectivity index (χ0) is 18.3. The number of hydrogen-bond acceptors (Lipinski definition) is 4. The van der Waals surface area contributed by atoms with E-state index in [1.807, 2.05) is 6.07 Å². The summed E-state index contributed by atoms with van der Waals surface area (Å²) in [5, 5.41) is 8.93. The third-order valence-electron chi connectivity index (χ3n) is 4.13. The van der Waals surface area contributed by atoms with E-state index in [4.69, 9.17) is 23.2 Å². The SMILES string of the molecule is O=S(=O)(Nc1cccc(-c2nnc3n2CCC3)c1)c1cc(Cl)cc(Cl)c1. The number of hydrogen-bond donors (Lipinski definition) is 1. The summed E-state index contributed by atoms with van der Waals surface area (Å²) in [7, 11) is -3.82. The maximum Gasteiger partial charge on any atom is 0.261 e. The molecule has 1 aliphatic heterocycles. The Kier molecular flexibility index (Phi) is 4.38. The molecule has 0 saturated carbocycles. The Bertz CT molecular complexity index is 1080. The van der Waals surface area contributed by atoms with Crippen LogP contribution in [0.25, 0.3) is 11.4 Å². The predicted octanol–water partition coefficient (Wildman–Crippen LogP) is 4.00. The Morgan fingerprint density at radius 2 is 1.81 bits per heavy atom. The van der Waals surface area contributed by atoms with Gasteiger partial charge in [-0.15, -0.1) is 10.2 Å². The van der Waals surface area contributed by atoms with Crippen LogP contribution in [0.1, 0.15) is 12.2 Å². The second kappa shape index (κ2) is 6.57. The van der Waals surface area contributed by atoms with E-state index < -0.39 is 10.0 Å². The topological polar surface area (TPSA) is 76.9 Å². The van der Waals surface area contributed by atoms with Gasteiger partial charge in [0.1, 0.15) is 5.82 Å². The van der Waals surface area contributed by atoms with Gasteiger partial charge in [-0.1, -0.05) is 35.3 Å². The second-order valence-electron chi connectivity index (χ2n) is 5.99. The number of nitrogens with zero attached hydrogens (tertiary/aromatic N) is 3. The molecule has 0 amide bonds. The van der Waals surface area contributed by atoms with Crippen molar-refractivity contribution in [2.75, 3.05) is 4.72 Å². The van der Waals surface area contributed by atoms with E-state index in [-0.39, 0.29) is 14.9 Å². The standard InChI is InChI=1S/C17H14Cl2N4O2S/c18-12-8-13(19)10-15(9-12)26(24,25)22-14-4-1-3-11(7-14)17-21-20-16-5-2-6-23(16)17/h1,3-4,7-10,22H,2,5-6H2. The Morgan fingerprint density at radius 3 is 2.58 bits per heavy atom. The highest BCUT2D eigenvalue weighted by molar-refractivity contribution is 7.92. The Hall–Kier alpha value is -2.09. The van der Waals surface area contributed by atoms with Crippen molar-refractivity contribution in [1.29, 1.82) is 0 Å². The molecule has 2 aromatic carbocycles. The first kappa shape index (κ1) is 17.3. The van der Waals surface area contributed by atoms with Gasteiger partial charge < -0.3 is 4.57 Å². The summed E-state index contributed by atoms with van der Waals surface area (Å²) in [6, 6.07) is 11.2. The van der Waals surface area contributed by atoms with E-state index >= 15 is 0 Å². The third-order valence-corrected chi connectivity index (χ3v) is 5.93. The summed E-state index contributed by atoms with van der Waals surface area (Å²) in [6.07, 6.45) is 1.95. The van der Waals surface area contributed by atoms with Crippen molar-refractivity contribution >= 4 is 38.9 Å². The highest BCUT2D eigenvalue weighted by Crippen LogP contribution is 2.28. The molecule has 0 unspecified atom stereocenters. The quantitative estimate of drug-likeness (QED) is 0.707. The molecule has 9 heteroatoms. The van der Waals surface area contributed by atoms with Gasteiger partial charge in [0.15, 0.2) is 5.82 Å². The van der Waals surface area contributed by atoms with Crippen LogP contribution in [0.2, 0.25) is 10.0 Å². The number of nitrogens with one attached hydrogen (secondary N) is 1. The van der Waals surface area contributed by atoms with Gasteiger partial charge >= 0.3 is 0 Å². The largest absolute Gasteiger partial charge is 0.311 e. The number of rotatable bonds is 4. The summed E-state index contributed by atoms with van der Waals surface area (Å²) in [6.45, 7) is 0.870. The van der Waals surface area contributed by atoms with Crippen molar-refractivity contribution in [3.63, 3.8) is 0 Å². The molecule has 0 aliphatic carbocycles. The molecule has 26 heavy (non-hydrogen) atoms. The van der Waals surface area contributed by atoms with Crippen LogP contribution in [0.4, 0.5) is 5.69 Å². The minimum atomic E-state index is -3.82. The molecular formula is C17H14Cl2N4O2S. The van der Waals surface area contributed by atoms with Crippen LogP contribution < -0.4 is 4.72 Å². The molecule has 6 nitrogen and oxygen atoms in total. The average Bonchev–Trinajstić information content (AvgIpc) is 3.17. The molecule has 1 aromatic heterocycles. The molecule has 0 radical (unpaired) electrons. The molecule has 0 atom stereocenters. The van der Waals surface area contributed by atoms with E-state index in [1.54, 1.807) is 18.2 Å². The lowest BCUT2D eigenvalue weighted by Gasteiger charge is -2.10. The van der Waals surface area contributed by atoms with Crippen molar-refractivity contribution < 1.29 is 8.42 Å². The molecular weight excluding hydrogens is 395 g/mol. The number of aryl methyl sites for hydroxylation is 1. The molecule has 1 aliphatic rings. The van der Waals surface area contributed by atoms with Gasteiger partial charge in [-0.2, -0.15) is 0 Å². The lowest BCUT2D eigenvalue weighted by molar-refractivity contribution is 0.601. The van der Waals surface area contributed by atoms with E-state index in [1.165, 1.54) is 18.2 Å². The van der Waals surface area contributed by atoms with Gasteiger partial charge in [0.25, 0.3) is 10.0 Å². The summed E-state index contributed by atoms with van der Waals surface area (Å²) in [5.74, 6) is 1.70. The minimum Gasteiger partial charge on any atom is -0.311 e. The summed E-state index contributed by atoms with van der Waals surface area (Å²) < 4.78 is 29.9. The molecule has 2 heterocycles. The fourth-order valence-electron chi connectivity index (χ4n) is 2.98. The maximum absolute atomic E-state index is 12.6. The van der Waals surface area contributed by atoms with E-state index in [0.717, 1.165) is 36.6 Å². The normalized spacial score (nSPS) is 13.6. The number of sulfonamides is 1. The lowest BCUT2D eigenvalue weighted by Crippen LogP contribution is -2.13. The fourth-order valence-corrected chi connectivity index (χ4v) is 4.76. The van der Waals surface area contributed by atoms with Crippen LogP contribution in [0.5, 0.6) is 0 Å². The van der Waals surface area contributed by atoms with Crippen molar-refractivity contribution in [1.82, 2.24) is 14.8 Å². The number of aromatic nitrogens is 3.